The van der Waals surface area contributed by atoms with Gasteiger partial charge in [-0.3, -0.25) is 10.5 Å². The van der Waals surface area contributed by atoms with Gasteiger partial charge in [0.15, 0.2) is 6.61 Å². The summed E-state index contributed by atoms with van der Waals surface area (Å²) in [6.07, 6.45) is 0. The Kier molecular flexibility index (Phi) is 4.14. The van der Waals surface area contributed by atoms with E-state index < -0.39 is 0 Å². The van der Waals surface area contributed by atoms with Crippen LogP contribution in [-0.4, -0.2) is 30.1 Å². The lowest BCUT2D eigenvalue weighted by Crippen LogP contribution is -2.40. The van der Waals surface area contributed by atoms with Gasteiger partial charge in [0.2, 0.25) is 0 Å². The van der Waals surface area contributed by atoms with Gasteiger partial charge >= 0.3 is 0 Å². The fourth-order valence-corrected chi connectivity index (χ4v) is 2.41. The maximum absolute atomic E-state index is 12.0. The first-order valence-corrected chi connectivity index (χ1v) is 7.22. The SMILES string of the molecule is COc1ccc(OCC(=O)N[N+]2=C(N)c3ccccc3C2)cc1. The highest BCUT2D eigenvalue weighted by Gasteiger charge is 2.25. The topological polar surface area (TPSA) is 76.6 Å². The van der Waals surface area contributed by atoms with Crippen LogP contribution in [0.25, 0.3) is 0 Å². The molecule has 1 aliphatic heterocycles. The average Bonchev–Trinajstić information content (AvgIpc) is 2.90. The van der Waals surface area contributed by atoms with E-state index in [1.54, 1.807) is 36.1 Å². The van der Waals surface area contributed by atoms with Crippen molar-refractivity contribution >= 4 is 11.7 Å². The van der Waals surface area contributed by atoms with Gasteiger partial charge < -0.3 is 9.47 Å². The van der Waals surface area contributed by atoms with Gasteiger partial charge in [-0.1, -0.05) is 18.2 Å². The van der Waals surface area contributed by atoms with Gasteiger partial charge in [0, 0.05) is 5.56 Å². The lowest BCUT2D eigenvalue weighted by atomic mass is 10.1. The van der Waals surface area contributed by atoms with Gasteiger partial charge in [-0.05, 0) is 30.3 Å². The lowest BCUT2D eigenvalue weighted by Gasteiger charge is -2.08. The number of amides is 1. The first-order valence-electron chi connectivity index (χ1n) is 7.22. The molecule has 0 saturated heterocycles. The van der Waals surface area contributed by atoms with E-state index in [1.165, 1.54) is 0 Å². The molecule has 0 aromatic heterocycles. The first kappa shape index (κ1) is 14.9. The predicted molar refractivity (Wildman–Crippen MR) is 85.3 cm³/mol. The van der Waals surface area contributed by atoms with E-state index in [0.717, 1.165) is 16.9 Å². The molecule has 0 unspecified atom stereocenters. The van der Waals surface area contributed by atoms with Crippen molar-refractivity contribution in [2.45, 2.75) is 6.54 Å². The number of hydrazine groups is 1. The molecule has 1 aliphatic rings. The second kappa shape index (κ2) is 6.39. The summed E-state index contributed by atoms with van der Waals surface area (Å²) in [5, 5.41) is 0. The van der Waals surface area contributed by atoms with Gasteiger partial charge in [0.05, 0.1) is 12.7 Å². The van der Waals surface area contributed by atoms with Crippen LogP contribution in [0.1, 0.15) is 11.1 Å². The van der Waals surface area contributed by atoms with E-state index in [0.29, 0.717) is 18.1 Å². The molecule has 3 N–H and O–H groups in total. The Balaban J connectivity index is 1.57. The van der Waals surface area contributed by atoms with Crippen molar-refractivity contribution in [1.82, 2.24) is 5.43 Å². The van der Waals surface area contributed by atoms with E-state index in [2.05, 4.69) is 5.43 Å². The van der Waals surface area contributed by atoms with E-state index in [-0.39, 0.29) is 12.5 Å². The number of nitrogens with two attached hydrogens (primary N) is 1. The second-order valence-electron chi connectivity index (χ2n) is 5.13. The van der Waals surface area contributed by atoms with Crippen LogP contribution in [0.4, 0.5) is 0 Å². The Morgan fingerprint density at radius 2 is 1.87 bits per heavy atom. The smallest absolute Gasteiger partial charge is 0.299 e. The molecule has 6 nitrogen and oxygen atoms in total. The molecule has 2 aromatic carbocycles. The second-order valence-corrected chi connectivity index (χ2v) is 5.13. The minimum atomic E-state index is -0.267. The average molecular weight is 312 g/mol. The minimum absolute atomic E-state index is 0.0908. The van der Waals surface area contributed by atoms with Crippen LogP contribution in [0.15, 0.2) is 48.5 Å². The number of nitrogens with zero attached hydrogens (tertiary/aromatic N) is 1. The summed E-state index contributed by atoms with van der Waals surface area (Å²) in [6.45, 7) is 0.461. The molecular weight excluding hydrogens is 294 g/mol. The van der Waals surface area contributed by atoms with Crippen molar-refractivity contribution in [2.75, 3.05) is 13.7 Å². The molecular formula is C17H18N3O3+. The number of amidine groups is 1. The summed E-state index contributed by atoms with van der Waals surface area (Å²) in [6, 6.07) is 14.8. The summed E-state index contributed by atoms with van der Waals surface area (Å²) < 4.78 is 12.1. The van der Waals surface area contributed by atoms with Gasteiger partial charge in [-0.2, -0.15) is 10.1 Å². The third-order valence-corrected chi connectivity index (χ3v) is 3.60. The quantitative estimate of drug-likeness (QED) is 0.809. The fourth-order valence-electron chi connectivity index (χ4n) is 2.41. The number of carbonyl (C=O) groups is 1. The molecule has 0 aliphatic carbocycles. The van der Waals surface area contributed by atoms with E-state index in [4.69, 9.17) is 15.2 Å². The van der Waals surface area contributed by atoms with E-state index in [9.17, 15) is 4.79 Å². The number of hydrogen-bond acceptors (Lipinski definition) is 4. The number of hydrazone groups is 1. The predicted octanol–water partition coefficient (Wildman–Crippen LogP) is 1.04. The van der Waals surface area contributed by atoms with Crippen LogP contribution in [0.3, 0.4) is 0 Å². The molecule has 1 amide bonds. The lowest BCUT2D eigenvalue weighted by molar-refractivity contribution is -0.586. The highest BCUT2D eigenvalue weighted by atomic mass is 16.5. The van der Waals surface area contributed by atoms with Crippen LogP contribution in [0.5, 0.6) is 11.5 Å². The molecule has 3 rings (SSSR count). The summed E-state index contributed by atoms with van der Waals surface area (Å²) in [4.78, 5) is 12.0. The maximum Gasteiger partial charge on any atom is 0.299 e. The molecule has 0 bridgehead atoms. The Hall–Kier alpha value is -3.02. The van der Waals surface area contributed by atoms with Crippen molar-refractivity contribution < 1.29 is 19.0 Å². The zero-order valence-corrected chi connectivity index (χ0v) is 12.8. The van der Waals surface area contributed by atoms with Gasteiger partial charge in [-0.25, -0.2) is 0 Å². The van der Waals surface area contributed by atoms with E-state index >= 15 is 0 Å². The molecule has 23 heavy (non-hydrogen) atoms. The standard InChI is InChI=1S/C17H17N3O3/c1-22-13-6-8-14(9-7-13)23-11-16(21)19-20-10-12-4-2-3-5-15(12)17(20)18/h2-9,18H,10-11H2,1H3,(H,19,21)/p+1. The monoisotopic (exact) mass is 312 g/mol. The van der Waals surface area contributed by atoms with Crippen LogP contribution in [0.2, 0.25) is 0 Å². The maximum atomic E-state index is 12.0. The number of benzene rings is 2. The van der Waals surface area contributed by atoms with Gasteiger partial charge in [-0.15, -0.1) is 0 Å². The van der Waals surface area contributed by atoms with Crippen molar-refractivity contribution in [1.29, 1.82) is 0 Å². The fraction of sp³-hybridized carbons (Fsp3) is 0.176. The third kappa shape index (κ3) is 3.26. The Morgan fingerprint density at radius 1 is 1.17 bits per heavy atom. The van der Waals surface area contributed by atoms with E-state index in [1.807, 2.05) is 24.3 Å². The van der Waals surface area contributed by atoms with Crippen LogP contribution in [-0.2, 0) is 11.3 Å². The molecule has 0 radical (unpaired) electrons. The summed E-state index contributed by atoms with van der Waals surface area (Å²) in [5.74, 6) is 1.61. The third-order valence-electron chi connectivity index (χ3n) is 3.60. The molecule has 2 aromatic rings. The molecule has 118 valence electrons. The number of methoxy groups -OCH3 is 1. The first-order chi connectivity index (χ1) is 11.2. The molecule has 0 fully saturated rings. The zero-order valence-electron chi connectivity index (χ0n) is 12.8. The van der Waals surface area contributed by atoms with Gasteiger partial charge in [0.1, 0.15) is 18.0 Å². The number of nitrogens with one attached hydrogen (secondary N) is 1. The van der Waals surface area contributed by atoms with Crippen molar-refractivity contribution in [2.24, 2.45) is 5.73 Å². The number of hydrogen-bond donors (Lipinski definition) is 2. The van der Waals surface area contributed by atoms with Crippen LogP contribution >= 0.6 is 0 Å². The highest BCUT2D eigenvalue weighted by Crippen LogP contribution is 2.17. The van der Waals surface area contributed by atoms with Crippen LogP contribution < -0.4 is 20.6 Å². The Morgan fingerprint density at radius 3 is 2.57 bits per heavy atom. The Labute approximate surface area is 134 Å². The number of ether oxygens (including phenoxy) is 2. The molecule has 0 atom stereocenters. The highest BCUT2D eigenvalue weighted by molar-refractivity contribution is 5.96. The Bertz CT molecular complexity index is 754. The van der Waals surface area contributed by atoms with Gasteiger partial charge in [0.25, 0.3) is 11.7 Å². The summed E-state index contributed by atoms with van der Waals surface area (Å²) >= 11 is 0. The largest absolute Gasteiger partial charge is 0.497 e. The zero-order chi connectivity index (χ0) is 16.2. The molecule has 0 saturated carbocycles. The molecule has 1 heterocycles. The van der Waals surface area contributed by atoms with Crippen molar-refractivity contribution in [3.8, 4) is 11.5 Å². The number of carbonyl (C=O) groups excluding carboxylic acids is 1. The molecule has 6 heteroatoms. The number of rotatable bonds is 5. The normalized spacial score (nSPS) is 12.7. The summed E-state index contributed by atoms with van der Waals surface area (Å²) in [5.41, 5.74) is 10.8. The van der Waals surface area contributed by atoms with Crippen LogP contribution in [0, 0.1) is 0 Å². The minimum Gasteiger partial charge on any atom is -0.497 e. The van der Waals surface area contributed by atoms with Crippen molar-refractivity contribution in [3.63, 3.8) is 0 Å². The summed E-state index contributed by atoms with van der Waals surface area (Å²) in [7, 11) is 1.60. The molecule has 0 spiro atoms. The number of fused-ring (bicyclic) bond motifs is 1. The van der Waals surface area contributed by atoms with Crippen molar-refractivity contribution in [3.05, 3.63) is 59.7 Å².